The molecular formula is C17H29IN4OS. The van der Waals surface area contributed by atoms with Crippen molar-refractivity contribution < 1.29 is 5.11 Å². The fourth-order valence-corrected chi connectivity index (χ4v) is 4.80. The number of nitrogens with zero attached hydrogens (tertiary/aromatic N) is 3. The van der Waals surface area contributed by atoms with E-state index in [0.717, 1.165) is 44.6 Å². The van der Waals surface area contributed by atoms with Gasteiger partial charge in [-0.2, -0.15) is 0 Å². The molecule has 0 unspecified atom stereocenters. The Bertz CT molecular complexity index is 545. The lowest BCUT2D eigenvalue weighted by atomic mass is 10.0. The zero-order valence-corrected chi connectivity index (χ0v) is 17.8. The Morgan fingerprint density at radius 2 is 2.00 bits per heavy atom. The number of nitrogens with one attached hydrogen (secondary N) is 1. The van der Waals surface area contributed by atoms with Gasteiger partial charge in [-0.15, -0.1) is 35.3 Å². The highest BCUT2D eigenvalue weighted by Crippen LogP contribution is 2.29. The van der Waals surface area contributed by atoms with Crippen LogP contribution in [0.3, 0.4) is 0 Å². The molecule has 0 radical (unpaired) electrons. The number of thiazole rings is 1. The highest BCUT2D eigenvalue weighted by atomic mass is 127. The molecule has 1 aromatic rings. The predicted molar refractivity (Wildman–Crippen MR) is 110 cm³/mol. The lowest BCUT2D eigenvalue weighted by Crippen LogP contribution is -2.46. The summed E-state index contributed by atoms with van der Waals surface area (Å²) in [7, 11) is 3.83. The summed E-state index contributed by atoms with van der Waals surface area (Å²) in [6, 6.07) is 0. The summed E-state index contributed by atoms with van der Waals surface area (Å²) in [6.45, 7) is 1.36. The summed E-state index contributed by atoms with van der Waals surface area (Å²) in [5.74, 6) is 0.832. The quantitative estimate of drug-likeness (QED) is 0.409. The lowest BCUT2D eigenvalue weighted by Gasteiger charge is -2.27. The van der Waals surface area contributed by atoms with E-state index in [-0.39, 0.29) is 24.0 Å². The van der Waals surface area contributed by atoms with Gasteiger partial charge >= 0.3 is 0 Å². The Labute approximate surface area is 166 Å². The Kier molecular flexibility index (Phi) is 7.30. The predicted octanol–water partition coefficient (Wildman–Crippen LogP) is 2.95. The molecule has 0 amide bonds. The topological polar surface area (TPSA) is 60.8 Å². The van der Waals surface area contributed by atoms with Crippen LogP contribution in [0.1, 0.15) is 54.1 Å². The minimum absolute atomic E-state index is 0. The van der Waals surface area contributed by atoms with E-state index < -0.39 is 5.60 Å². The molecule has 3 rings (SSSR count). The number of halogens is 1. The van der Waals surface area contributed by atoms with Crippen molar-refractivity contribution in [1.82, 2.24) is 15.2 Å². The van der Waals surface area contributed by atoms with Crippen LogP contribution in [0.5, 0.6) is 0 Å². The molecule has 1 aromatic heterocycles. The Balaban J connectivity index is 0.00000208. The van der Waals surface area contributed by atoms with Crippen LogP contribution in [0.2, 0.25) is 0 Å². The molecule has 0 atom stereocenters. The molecule has 1 heterocycles. The van der Waals surface area contributed by atoms with Crippen LogP contribution in [-0.4, -0.2) is 47.2 Å². The Morgan fingerprint density at radius 3 is 2.67 bits per heavy atom. The minimum Gasteiger partial charge on any atom is -0.388 e. The maximum Gasteiger partial charge on any atom is 0.193 e. The second-order valence-corrected chi connectivity index (χ2v) is 8.04. The van der Waals surface area contributed by atoms with Crippen LogP contribution >= 0.6 is 35.3 Å². The van der Waals surface area contributed by atoms with Gasteiger partial charge < -0.3 is 15.3 Å². The van der Waals surface area contributed by atoms with Crippen molar-refractivity contribution >= 4 is 41.3 Å². The van der Waals surface area contributed by atoms with Gasteiger partial charge in [0, 0.05) is 25.5 Å². The van der Waals surface area contributed by atoms with Gasteiger partial charge in [-0.3, -0.25) is 4.99 Å². The summed E-state index contributed by atoms with van der Waals surface area (Å²) >= 11 is 1.85. The number of rotatable bonds is 4. The molecule has 0 spiro atoms. The van der Waals surface area contributed by atoms with Crippen LogP contribution in [0, 0.1) is 0 Å². The van der Waals surface area contributed by atoms with Crippen LogP contribution in [0.25, 0.3) is 0 Å². The molecule has 2 N–H and O–H groups in total. The maximum atomic E-state index is 10.5. The van der Waals surface area contributed by atoms with Gasteiger partial charge in [-0.25, -0.2) is 4.98 Å². The van der Waals surface area contributed by atoms with E-state index in [1.54, 1.807) is 7.05 Å². The highest BCUT2D eigenvalue weighted by Gasteiger charge is 2.31. The molecule has 24 heavy (non-hydrogen) atoms. The normalized spacial score (nSPS) is 19.5. The second kappa shape index (κ2) is 8.80. The summed E-state index contributed by atoms with van der Waals surface area (Å²) < 4.78 is 0. The zero-order chi connectivity index (χ0) is 16.3. The first-order valence-electron chi connectivity index (χ1n) is 8.71. The maximum absolute atomic E-state index is 10.5. The Hall–Kier alpha value is -0.410. The van der Waals surface area contributed by atoms with Crippen molar-refractivity contribution in [3.8, 4) is 0 Å². The van der Waals surface area contributed by atoms with Crippen LogP contribution < -0.4 is 5.32 Å². The molecule has 1 saturated carbocycles. The number of aryl methyl sites for hydroxylation is 2. The molecule has 1 fully saturated rings. The standard InChI is InChI=1S/C17H28N4OS.HI/c1-18-16(19-12-17(22)9-5-6-10-17)21(2)11-15-20-13-7-3-4-8-14(13)23-15;/h22H,3-12H2,1-2H3,(H,18,19);1H. The second-order valence-electron chi connectivity index (χ2n) is 6.87. The molecule has 0 aliphatic heterocycles. The van der Waals surface area contributed by atoms with Gasteiger partial charge in [0.25, 0.3) is 0 Å². The van der Waals surface area contributed by atoms with Gasteiger partial charge in [0.2, 0.25) is 0 Å². The Morgan fingerprint density at radius 1 is 1.29 bits per heavy atom. The summed E-state index contributed by atoms with van der Waals surface area (Å²) in [5, 5.41) is 15.0. The SMILES string of the molecule is CN=C(NCC1(O)CCCC1)N(C)Cc1nc2c(s1)CCCC2.I. The van der Waals surface area contributed by atoms with E-state index in [9.17, 15) is 5.11 Å². The zero-order valence-electron chi connectivity index (χ0n) is 14.7. The molecule has 7 heteroatoms. The molecule has 2 aliphatic rings. The average Bonchev–Trinajstić information content (AvgIpc) is 3.13. The average molecular weight is 464 g/mol. The number of aliphatic imine (C=N–C) groups is 1. The van der Waals surface area contributed by atoms with Crippen LogP contribution in [0.15, 0.2) is 4.99 Å². The van der Waals surface area contributed by atoms with E-state index in [4.69, 9.17) is 4.98 Å². The minimum atomic E-state index is -0.558. The van der Waals surface area contributed by atoms with Crippen molar-refractivity contribution in [1.29, 1.82) is 0 Å². The summed E-state index contributed by atoms with van der Waals surface area (Å²) in [4.78, 5) is 12.7. The number of hydrogen-bond donors (Lipinski definition) is 2. The van der Waals surface area contributed by atoms with Gasteiger partial charge in [0.1, 0.15) is 5.01 Å². The van der Waals surface area contributed by atoms with Gasteiger partial charge in [0.15, 0.2) is 5.96 Å². The molecule has 136 valence electrons. The molecule has 5 nitrogen and oxygen atoms in total. The number of aromatic nitrogens is 1. The lowest BCUT2D eigenvalue weighted by molar-refractivity contribution is 0.0516. The van der Waals surface area contributed by atoms with Crippen molar-refractivity contribution in [2.45, 2.75) is 63.5 Å². The molecule has 2 aliphatic carbocycles. The number of guanidine groups is 1. The van der Waals surface area contributed by atoms with Crippen molar-refractivity contribution in [2.24, 2.45) is 4.99 Å². The van der Waals surface area contributed by atoms with Crippen molar-refractivity contribution in [3.05, 3.63) is 15.6 Å². The van der Waals surface area contributed by atoms with Gasteiger partial charge in [-0.1, -0.05) is 12.8 Å². The first-order chi connectivity index (χ1) is 11.1. The monoisotopic (exact) mass is 464 g/mol. The van der Waals surface area contributed by atoms with Crippen molar-refractivity contribution in [2.75, 3.05) is 20.6 Å². The first kappa shape index (κ1) is 19.9. The fourth-order valence-electron chi connectivity index (χ4n) is 3.59. The van der Waals surface area contributed by atoms with Crippen LogP contribution in [-0.2, 0) is 19.4 Å². The number of hydrogen-bond acceptors (Lipinski definition) is 4. The molecular weight excluding hydrogens is 435 g/mol. The van der Waals surface area contributed by atoms with Crippen molar-refractivity contribution in [3.63, 3.8) is 0 Å². The van der Waals surface area contributed by atoms with E-state index >= 15 is 0 Å². The van der Waals surface area contributed by atoms with Crippen LogP contribution in [0.4, 0.5) is 0 Å². The van der Waals surface area contributed by atoms with E-state index in [1.165, 1.54) is 34.8 Å². The van der Waals surface area contributed by atoms with E-state index in [1.807, 2.05) is 18.4 Å². The first-order valence-corrected chi connectivity index (χ1v) is 9.53. The molecule has 0 saturated heterocycles. The summed E-state index contributed by atoms with van der Waals surface area (Å²) in [5.41, 5.74) is 0.754. The third kappa shape index (κ3) is 4.82. The van der Waals surface area contributed by atoms with Gasteiger partial charge in [-0.05, 0) is 38.5 Å². The fraction of sp³-hybridized carbons (Fsp3) is 0.765. The third-order valence-electron chi connectivity index (χ3n) is 4.95. The van der Waals surface area contributed by atoms with E-state index in [0.29, 0.717) is 6.54 Å². The number of aliphatic hydroxyl groups is 1. The smallest absolute Gasteiger partial charge is 0.193 e. The van der Waals surface area contributed by atoms with E-state index in [2.05, 4.69) is 15.2 Å². The third-order valence-corrected chi connectivity index (χ3v) is 6.09. The molecule has 0 bridgehead atoms. The molecule has 0 aromatic carbocycles. The summed E-state index contributed by atoms with van der Waals surface area (Å²) in [6.07, 6.45) is 8.92. The van der Waals surface area contributed by atoms with Gasteiger partial charge in [0.05, 0.1) is 17.8 Å². The largest absolute Gasteiger partial charge is 0.388 e. The number of fused-ring (bicyclic) bond motifs is 1. The highest BCUT2D eigenvalue weighted by molar-refractivity contribution is 14.0.